The molecule has 118 valence electrons. The van der Waals surface area contributed by atoms with E-state index in [1.54, 1.807) is 18.2 Å². The van der Waals surface area contributed by atoms with Gasteiger partial charge in [0.05, 0.1) is 0 Å². The normalized spacial score (nSPS) is 12.3. The zero-order valence-electron chi connectivity index (χ0n) is 13.2. The second kappa shape index (κ2) is 7.78. The van der Waals surface area contributed by atoms with Gasteiger partial charge in [-0.1, -0.05) is 50.8 Å². The average Bonchev–Trinajstić information content (AvgIpc) is 2.50. The number of carbonyl (C=O) groups is 1. The van der Waals surface area contributed by atoms with Crippen LogP contribution in [0.2, 0.25) is 0 Å². The Morgan fingerprint density at radius 2 is 2.00 bits per heavy atom. The van der Waals surface area contributed by atoms with Gasteiger partial charge in [-0.25, -0.2) is 4.79 Å². The van der Waals surface area contributed by atoms with Crippen LogP contribution in [0.15, 0.2) is 39.5 Å². The zero-order chi connectivity index (χ0) is 15.9. The predicted molar refractivity (Wildman–Crippen MR) is 88.2 cm³/mol. The van der Waals surface area contributed by atoms with E-state index in [2.05, 4.69) is 12.2 Å². The van der Waals surface area contributed by atoms with Crippen LogP contribution in [0.5, 0.6) is 0 Å². The molecule has 1 atom stereocenters. The lowest BCUT2D eigenvalue weighted by atomic mass is 10.1. The number of fused-ring (bicyclic) bond motifs is 1. The topological polar surface area (TPSA) is 59.3 Å². The van der Waals surface area contributed by atoms with Crippen LogP contribution in [0.4, 0.5) is 0 Å². The molecule has 4 nitrogen and oxygen atoms in total. The highest BCUT2D eigenvalue weighted by Crippen LogP contribution is 2.13. The minimum atomic E-state index is -0.589. The lowest BCUT2D eigenvalue weighted by molar-refractivity contribution is 0.0934. The van der Waals surface area contributed by atoms with E-state index in [1.165, 1.54) is 19.3 Å². The molecule has 1 aromatic heterocycles. The van der Waals surface area contributed by atoms with Gasteiger partial charge in [0.15, 0.2) is 0 Å². The van der Waals surface area contributed by atoms with E-state index >= 15 is 0 Å². The van der Waals surface area contributed by atoms with Crippen LogP contribution in [-0.2, 0) is 0 Å². The van der Waals surface area contributed by atoms with Crippen molar-refractivity contribution in [2.24, 2.45) is 0 Å². The van der Waals surface area contributed by atoms with E-state index in [0.29, 0.717) is 5.58 Å². The maximum Gasteiger partial charge on any atom is 0.349 e. The third-order valence-electron chi connectivity index (χ3n) is 3.75. The van der Waals surface area contributed by atoms with E-state index < -0.39 is 5.63 Å². The first-order valence-electron chi connectivity index (χ1n) is 7.95. The Kier molecular flexibility index (Phi) is 5.75. The molecule has 0 radical (unpaired) electrons. The molecule has 22 heavy (non-hydrogen) atoms. The van der Waals surface area contributed by atoms with E-state index in [9.17, 15) is 9.59 Å². The third kappa shape index (κ3) is 4.20. The lowest BCUT2D eigenvalue weighted by Gasteiger charge is -2.13. The molecule has 0 aliphatic heterocycles. The van der Waals surface area contributed by atoms with Crippen LogP contribution in [0.25, 0.3) is 11.0 Å². The molecular weight excluding hydrogens is 278 g/mol. The Bertz CT molecular complexity index is 690. The Morgan fingerprint density at radius 3 is 2.77 bits per heavy atom. The van der Waals surface area contributed by atoms with Crippen molar-refractivity contribution in [3.8, 4) is 0 Å². The largest absolute Gasteiger partial charge is 0.422 e. The molecule has 1 aromatic carbocycles. The van der Waals surface area contributed by atoms with Crippen LogP contribution >= 0.6 is 0 Å². The molecule has 0 bridgehead atoms. The monoisotopic (exact) mass is 301 g/mol. The molecule has 0 aliphatic carbocycles. The van der Waals surface area contributed by atoms with Gasteiger partial charge in [0, 0.05) is 11.4 Å². The number of unbranched alkanes of at least 4 members (excludes halogenated alkanes) is 3. The van der Waals surface area contributed by atoms with Crippen LogP contribution in [0, 0.1) is 0 Å². The molecular formula is C18H23NO3. The summed E-state index contributed by atoms with van der Waals surface area (Å²) in [6.45, 7) is 4.14. The van der Waals surface area contributed by atoms with Crippen molar-refractivity contribution in [2.45, 2.75) is 52.0 Å². The van der Waals surface area contributed by atoms with Crippen molar-refractivity contribution in [3.05, 3.63) is 46.3 Å². The van der Waals surface area contributed by atoms with E-state index in [1.807, 2.05) is 19.1 Å². The molecule has 0 fully saturated rings. The van der Waals surface area contributed by atoms with Gasteiger partial charge < -0.3 is 9.73 Å². The van der Waals surface area contributed by atoms with Crippen molar-refractivity contribution in [1.29, 1.82) is 0 Å². The fourth-order valence-corrected chi connectivity index (χ4v) is 2.47. The summed E-state index contributed by atoms with van der Waals surface area (Å²) >= 11 is 0. The van der Waals surface area contributed by atoms with Gasteiger partial charge in [-0.3, -0.25) is 4.79 Å². The van der Waals surface area contributed by atoms with Gasteiger partial charge in [0.2, 0.25) is 0 Å². The second-order valence-electron chi connectivity index (χ2n) is 5.71. The molecule has 1 unspecified atom stereocenters. The number of benzene rings is 1. The second-order valence-corrected chi connectivity index (χ2v) is 5.71. The van der Waals surface area contributed by atoms with Crippen molar-refractivity contribution in [3.63, 3.8) is 0 Å². The summed E-state index contributed by atoms with van der Waals surface area (Å²) in [6, 6.07) is 8.83. The van der Waals surface area contributed by atoms with Crippen LogP contribution in [0.1, 0.15) is 56.3 Å². The summed E-state index contributed by atoms with van der Waals surface area (Å²) < 4.78 is 5.19. The summed E-state index contributed by atoms with van der Waals surface area (Å²) in [5.74, 6) is -0.359. The summed E-state index contributed by atoms with van der Waals surface area (Å²) in [4.78, 5) is 24.2. The standard InChI is InChI=1S/C18H23NO3/c1-3-4-5-6-9-13(2)19-17(20)15-12-14-10-7-8-11-16(14)22-18(15)21/h7-8,10-13H,3-6,9H2,1-2H3,(H,19,20). The molecule has 0 spiro atoms. The number of hydrogen-bond acceptors (Lipinski definition) is 3. The minimum Gasteiger partial charge on any atom is -0.422 e. The molecule has 1 amide bonds. The first-order valence-corrected chi connectivity index (χ1v) is 7.95. The summed E-state index contributed by atoms with van der Waals surface area (Å²) in [5, 5.41) is 3.63. The number of rotatable bonds is 7. The first kappa shape index (κ1) is 16.3. The highest BCUT2D eigenvalue weighted by atomic mass is 16.4. The minimum absolute atomic E-state index is 0.0511. The van der Waals surface area contributed by atoms with Crippen LogP contribution < -0.4 is 10.9 Å². The zero-order valence-corrected chi connectivity index (χ0v) is 13.2. The Labute approximate surface area is 130 Å². The number of hydrogen-bond donors (Lipinski definition) is 1. The summed E-state index contributed by atoms with van der Waals surface area (Å²) in [7, 11) is 0. The Hall–Kier alpha value is -2.10. The molecule has 1 heterocycles. The van der Waals surface area contributed by atoms with Crippen molar-refractivity contribution >= 4 is 16.9 Å². The Morgan fingerprint density at radius 1 is 1.23 bits per heavy atom. The highest BCUT2D eigenvalue weighted by molar-refractivity contribution is 5.96. The van der Waals surface area contributed by atoms with Gasteiger partial charge in [-0.2, -0.15) is 0 Å². The average molecular weight is 301 g/mol. The number of nitrogens with one attached hydrogen (secondary N) is 1. The van der Waals surface area contributed by atoms with Crippen LogP contribution in [-0.4, -0.2) is 11.9 Å². The SMILES string of the molecule is CCCCCCC(C)NC(=O)c1cc2ccccc2oc1=O. The molecule has 1 N–H and O–H groups in total. The molecule has 2 rings (SSSR count). The Balaban J connectivity index is 2.03. The van der Waals surface area contributed by atoms with Gasteiger partial charge in [0.25, 0.3) is 5.91 Å². The summed E-state index contributed by atoms with van der Waals surface area (Å²) in [6.07, 6.45) is 5.59. The first-order chi connectivity index (χ1) is 10.6. The number of carbonyl (C=O) groups excluding carboxylic acids is 1. The number of para-hydroxylation sites is 1. The van der Waals surface area contributed by atoms with Crippen LogP contribution in [0.3, 0.4) is 0 Å². The van der Waals surface area contributed by atoms with Gasteiger partial charge in [-0.15, -0.1) is 0 Å². The third-order valence-corrected chi connectivity index (χ3v) is 3.75. The van der Waals surface area contributed by atoms with E-state index in [-0.39, 0.29) is 17.5 Å². The molecule has 0 saturated heterocycles. The van der Waals surface area contributed by atoms with Gasteiger partial charge >= 0.3 is 5.63 Å². The predicted octanol–water partition coefficient (Wildman–Crippen LogP) is 3.88. The molecule has 0 aliphatic rings. The van der Waals surface area contributed by atoms with Crippen molar-refractivity contribution in [1.82, 2.24) is 5.32 Å². The van der Waals surface area contributed by atoms with E-state index in [4.69, 9.17) is 4.42 Å². The molecule has 4 heteroatoms. The van der Waals surface area contributed by atoms with Crippen molar-refractivity contribution in [2.75, 3.05) is 0 Å². The van der Waals surface area contributed by atoms with Gasteiger partial charge in [-0.05, 0) is 25.5 Å². The quantitative estimate of drug-likeness (QED) is 0.623. The highest BCUT2D eigenvalue weighted by Gasteiger charge is 2.15. The number of amides is 1. The fraction of sp³-hybridized carbons (Fsp3) is 0.444. The smallest absolute Gasteiger partial charge is 0.349 e. The van der Waals surface area contributed by atoms with Crippen molar-refractivity contribution < 1.29 is 9.21 Å². The fourth-order valence-electron chi connectivity index (χ4n) is 2.47. The maximum absolute atomic E-state index is 12.2. The maximum atomic E-state index is 12.2. The lowest BCUT2D eigenvalue weighted by Crippen LogP contribution is -2.35. The molecule has 0 saturated carbocycles. The van der Waals surface area contributed by atoms with E-state index in [0.717, 1.165) is 18.2 Å². The van der Waals surface area contributed by atoms with Gasteiger partial charge in [0.1, 0.15) is 11.1 Å². The molecule has 2 aromatic rings. The summed E-state index contributed by atoms with van der Waals surface area (Å²) in [5.41, 5.74) is -0.0230.